The van der Waals surface area contributed by atoms with Crippen molar-refractivity contribution in [3.05, 3.63) is 163 Å². The Labute approximate surface area is 235 Å². The van der Waals surface area contributed by atoms with Gasteiger partial charge in [-0.2, -0.15) is 0 Å². The molecular formula is C35H37BN2Si. The van der Waals surface area contributed by atoms with Crippen LogP contribution in [0.15, 0.2) is 152 Å². The van der Waals surface area contributed by atoms with Gasteiger partial charge in [0.2, 0.25) is 6.71 Å². The molecule has 0 aliphatic heterocycles. The molecule has 1 fully saturated rings. The number of hydrogen-bond acceptors (Lipinski definition) is 1. The van der Waals surface area contributed by atoms with Crippen molar-refractivity contribution in [1.29, 1.82) is 0 Å². The molecule has 0 N–H and O–H groups in total. The van der Waals surface area contributed by atoms with Crippen LogP contribution in [0.5, 0.6) is 0 Å². The van der Waals surface area contributed by atoms with Gasteiger partial charge in [-0.1, -0.05) is 169 Å². The van der Waals surface area contributed by atoms with Gasteiger partial charge in [0.15, 0.2) is 0 Å². The largest absolute Gasteiger partial charge is 0.326 e. The summed E-state index contributed by atoms with van der Waals surface area (Å²) in [6.45, 7) is 5.13. The molecule has 1 aliphatic rings. The molecule has 4 heteroatoms. The molecule has 5 aromatic rings. The van der Waals surface area contributed by atoms with Crippen LogP contribution in [0.3, 0.4) is 0 Å². The Bertz CT molecular complexity index is 1340. The minimum absolute atomic E-state index is 0.175. The zero-order valence-electron chi connectivity index (χ0n) is 23.0. The van der Waals surface area contributed by atoms with Gasteiger partial charge in [0.25, 0.3) is 0 Å². The number of nitrogens with zero attached hydrogens (tertiary/aromatic N) is 2. The lowest BCUT2D eigenvalue weighted by Crippen LogP contribution is -2.47. The van der Waals surface area contributed by atoms with Gasteiger partial charge in [0.1, 0.15) is 0 Å². The average molecular weight is 525 g/mol. The summed E-state index contributed by atoms with van der Waals surface area (Å²) in [4.78, 5) is 4.34. The fourth-order valence-corrected chi connectivity index (χ4v) is 8.91. The van der Waals surface area contributed by atoms with Crippen molar-refractivity contribution in [2.24, 2.45) is 0 Å². The molecule has 1 saturated carbocycles. The standard InChI is InChI=1S/C20H22N2Si.C15H15B/c1-3-16-23(2)20(22-15-14-21-17-22,18-10-6-4-7-11-18)19-12-8-5-9-13-19;1-3-7-13(8-4-1)16(15-11-12-15)14-9-5-2-6-10-14/h3-17,23H,1-2H3;1-10,15H,11-12H2. The molecule has 0 spiro atoms. The first-order chi connectivity index (χ1) is 19.2. The molecule has 1 atom stereocenters. The SMILES string of the molecule is CC=C[SiH](C)C(c1ccccc1)(c1ccccc1)n1ccnc1.c1ccc(B(c2ccccc2)C2CC2)cc1. The molecule has 1 aromatic heterocycles. The van der Waals surface area contributed by atoms with Crippen LogP contribution < -0.4 is 10.9 Å². The lowest BCUT2D eigenvalue weighted by Gasteiger charge is -2.40. The molecule has 0 amide bonds. The highest BCUT2D eigenvalue weighted by Gasteiger charge is 2.41. The van der Waals surface area contributed by atoms with E-state index < -0.39 is 8.80 Å². The third-order valence-electron chi connectivity index (χ3n) is 7.89. The molecule has 194 valence electrons. The molecule has 0 bridgehead atoms. The molecule has 1 unspecified atom stereocenters. The quantitative estimate of drug-likeness (QED) is 0.208. The lowest BCUT2D eigenvalue weighted by atomic mass is 9.37. The lowest BCUT2D eigenvalue weighted by molar-refractivity contribution is 0.587. The highest BCUT2D eigenvalue weighted by atomic mass is 28.3. The van der Waals surface area contributed by atoms with Crippen molar-refractivity contribution in [3.8, 4) is 0 Å². The van der Waals surface area contributed by atoms with E-state index in [-0.39, 0.29) is 5.16 Å². The Hall–Kier alpha value is -3.89. The molecule has 1 aliphatic carbocycles. The third kappa shape index (κ3) is 5.92. The van der Waals surface area contributed by atoms with E-state index in [9.17, 15) is 0 Å². The van der Waals surface area contributed by atoms with Gasteiger partial charge in [-0.15, -0.1) is 0 Å². The molecular weight excluding hydrogens is 487 g/mol. The van der Waals surface area contributed by atoms with Crippen molar-refractivity contribution >= 4 is 26.4 Å². The predicted molar refractivity (Wildman–Crippen MR) is 170 cm³/mol. The summed E-state index contributed by atoms with van der Waals surface area (Å²) >= 11 is 0. The number of imidazole rings is 1. The summed E-state index contributed by atoms with van der Waals surface area (Å²) in [6, 6.07) is 43.4. The van der Waals surface area contributed by atoms with Gasteiger partial charge in [0, 0.05) is 12.4 Å². The van der Waals surface area contributed by atoms with E-state index in [2.05, 4.69) is 162 Å². The highest BCUT2D eigenvalue weighted by molar-refractivity contribution is 6.86. The molecule has 1 heterocycles. The van der Waals surface area contributed by atoms with Gasteiger partial charge in [0.05, 0.1) is 20.3 Å². The van der Waals surface area contributed by atoms with E-state index in [0.29, 0.717) is 6.71 Å². The Morgan fingerprint density at radius 3 is 1.59 bits per heavy atom. The van der Waals surface area contributed by atoms with E-state index in [4.69, 9.17) is 0 Å². The van der Waals surface area contributed by atoms with E-state index in [1.807, 2.05) is 12.5 Å². The van der Waals surface area contributed by atoms with Gasteiger partial charge >= 0.3 is 0 Å². The average Bonchev–Trinajstić information content (AvgIpc) is 3.68. The van der Waals surface area contributed by atoms with Crippen LogP contribution in [0.1, 0.15) is 30.9 Å². The fraction of sp³-hybridized carbons (Fsp3) is 0.171. The minimum Gasteiger partial charge on any atom is -0.326 e. The second-order valence-electron chi connectivity index (χ2n) is 10.4. The van der Waals surface area contributed by atoms with Crippen LogP contribution in [0.25, 0.3) is 0 Å². The number of aromatic nitrogens is 2. The number of rotatable bonds is 8. The summed E-state index contributed by atoms with van der Waals surface area (Å²) in [5.74, 6) is 0.866. The Morgan fingerprint density at radius 1 is 0.744 bits per heavy atom. The maximum atomic E-state index is 4.34. The van der Waals surface area contributed by atoms with Crippen LogP contribution >= 0.6 is 0 Å². The van der Waals surface area contributed by atoms with Gasteiger partial charge in [-0.25, -0.2) is 4.98 Å². The normalized spacial score (nSPS) is 13.9. The molecule has 6 rings (SSSR count). The smallest absolute Gasteiger partial charge is 0.212 e. The Balaban J connectivity index is 0.000000168. The summed E-state index contributed by atoms with van der Waals surface area (Å²) in [5.41, 5.74) is 7.98. The monoisotopic (exact) mass is 524 g/mol. The van der Waals surface area contributed by atoms with Gasteiger partial charge < -0.3 is 4.57 Å². The maximum Gasteiger partial charge on any atom is 0.212 e. The summed E-state index contributed by atoms with van der Waals surface area (Å²) < 4.78 is 2.29. The molecule has 4 aromatic carbocycles. The number of benzene rings is 4. The van der Waals surface area contributed by atoms with Crippen molar-refractivity contribution < 1.29 is 0 Å². The van der Waals surface area contributed by atoms with Crippen LogP contribution in [-0.2, 0) is 5.16 Å². The third-order valence-corrected chi connectivity index (χ3v) is 11.1. The first kappa shape index (κ1) is 26.7. The van der Waals surface area contributed by atoms with E-state index in [1.165, 1.54) is 34.9 Å². The first-order valence-electron chi connectivity index (χ1n) is 14.1. The molecule has 0 radical (unpaired) electrons. The minimum atomic E-state index is -1.36. The molecule has 0 saturated heterocycles. The van der Waals surface area contributed by atoms with Gasteiger partial charge in [-0.05, 0) is 18.1 Å². The molecule has 2 nitrogen and oxygen atoms in total. The highest BCUT2D eigenvalue weighted by Crippen LogP contribution is 2.39. The topological polar surface area (TPSA) is 17.8 Å². The van der Waals surface area contributed by atoms with Gasteiger partial charge in [-0.3, -0.25) is 0 Å². The van der Waals surface area contributed by atoms with Crippen LogP contribution in [-0.4, -0.2) is 25.1 Å². The van der Waals surface area contributed by atoms with Crippen LogP contribution in [0.4, 0.5) is 0 Å². The first-order valence-corrected chi connectivity index (χ1v) is 16.5. The van der Waals surface area contributed by atoms with E-state index >= 15 is 0 Å². The number of hydrogen-bond donors (Lipinski definition) is 0. The second-order valence-corrected chi connectivity index (χ2v) is 13.2. The maximum absolute atomic E-state index is 4.34. The second kappa shape index (κ2) is 12.8. The molecule has 39 heavy (non-hydrogen) atoms. The van der Waals surface area contributed by atoms with E-state index in [0.717, 1.165) is 5.82 Å². The van der Waals surface area contributed by atoms with Crippen molar-refractivity contribution in [1.82, 2.24) is 9.55 Å². The predicted octanol–water partition coefficient (Wildman–Crippen LogP) is 6.65. The fourth-order valence-electron chi connectivity index (χ4n) is 5.99. The van der Waals surface area contributed by atoms with E-state index in [1.54, 1.807) is 0 Å². The number of allylic oxidation sites excluding steroid dienone is 1. The van der Waals surface area contributed by atoms with Crippen molar-refractivity contribution in [2.75, 3.05) is 0 Å². The van der Waals surface area contributed by atoms with Crippen LogP contribution in [0.2, 0.25) is 12.4 Å². The summed E-state index contributed by atoms with van der Waals surface area (Å²) in [7, 11) is -1.36. The Morgan fingerprint density at radius 2 is 1.21 bits per heavy atom. The zero-order chi connectivity index (χ0) is 26.9. The Kier molecular flexibility index (Phi) is 8.75. The van der Waals surface area contributed by atoms with Crippen molar-refractivity contribution in [2.45, 2.75) is 37.3 Å². The summed E-state index contributed by atoms with van der Waals surface area (Å²) in [5, 5.41) is -0.175. The van der Waals surface area contributed by atoms with Crippen LogP contribution in [0, 0.1) is 0 Å². The van der Waals surface area contributed by atoms with Crippen molar-refractivity contribution in [3.63, 3.8) is 0 Å². The summed E-state index contributed by atoms with van der Waals surface area (Å²) in [6.07, 6.45) is 10.9. The zero-order valence-corrected chi connectivity index (χ0v) is 24.1.